The van der Waals surface area contributed by atoms with Crippen molar-refractivity contribution >= 4 is 11.6 Å². The third kappa shape index (κ3) is 1.84. The van der Waals surface area contributed by atoms with Crippen LogP contribution in [0, 0.1) is 0 Å². The van der Waals surface area contributed by atoms with Crippen molar-refractivity contribution in [2.45, 2.75) is 0 Å². The number of rotatable bonds is 1. The summed E-state index contributed by atoms with van der Waals surface area (Å²) in [5, 5.41) is 0.741. The van der Waals surface area contributed by atoms with Gasteiger partial charge in [0.1, 0.15) is 0 Å². The molecule has 0 unspecified atom stereocenters. The number of halogens is 1. The Kier molecular flexibility index (Phi) is 2.23. The molecule has 0 N–H and O–H groups in total. The molecule has 2 rings (SSSR count). The fourth-order valence-corrected chi connectivity index (χ4v) is 1.21. The van der Waals surface area contributed by atoms with E-state index in [0.717, 1.165) is 10.7 Å². The molecule has 0 spiro atoms. The molecule has 13 heavy (non-hydrogen) atoms. The van der Waals surface area contributed by atoms with Crippen LogP contribution in [0.1, 0.15) is 0 Å². The largest absolute Gasteiger partial charge is 0.264 e. The van der Waals surface area contributed by atoms with Crippen LogP contribution in [0.4, 0.5) is 0 Å². The first-order valence-corrected chi connectivity index (χ1v) is 4.31. The number of hydrogen-bond acceptors (Lipinski definition) is 1. The minimum absolute atomic E-state index is 0.741. The highest BCUT2D eigenvalue weighted by Gasteiger charge is 2.02. The van der Waals surface area contributed by atoms with Gasteiger partial charge >= 0.3 is 0 Å². The maximum Gasteiger partial charge on any atom is 0.213 e. The Hall–Kier alpha value is -1.41. The summed E-state index contributed by atoms with van der Waals surface area (Å²) in [5.74, 6) is 0. The van der Waals surface area contributed by atoms with Crippen molar-refractivity contribution in [1.29, 1.82) is 0 Å². The fourth-order valence-electron chi connectivity index (χ4n) is 1.10. The van der Waals surface area contributed by atoms with Gasteiger partial charge in [-0.05, 0) is 0 Å². The van der Waals surface area contributed by atoms with Crippen LogP contribution in [0.3, 0.4) is 0 Å². The Morgan fingerprint density at radius 3 is 2.23 bits per heavy atom. The zero-order valence-corrected chi connectivity index (χ0v) is 7.65. The van der Waals surface area contributed by atoms with Gasteiger partial charge in [0.05, 0.1) is 5.02 Å². The van der Waals surface area contributed by atoms with E-state index in [1.54, 1.807) is 12.4 Å². The molecule has 2 aromatic heterocycles. The van der Waals surface area contributed by atoms with Crippen molar-refractivity contribution in [3.63, 3.8) is 0 Å². The maximum atomic E-state index is 5.77. The highest BCUT2D eigenvalue weighted by Crippen LogP contribution is 2.03. The molecule has 0 fully saturated rings. The summed E-state index contributed by atoms with van der Waals surface area (Å²) in [5.41, 5.74) is 1.08. The lowest BCUT2D eigenvalue weighted by Gasteiger charge is -1.93. The number of aromatic nitrogens is 2. The first-order valence-electron chi connectivity index (χ1n) is 3.93. The zero-order valence-electron chi connectivity index (χ0n) is 6.89. The third-order valence-electron chi connectivity index (χ3n) is 1.75. The molecular formula is C10H8ClN2+. The molecule has 0 amide bonds. The van der Waals surface area contributed by atoms with Crippen molar-refractivity contribution in [3.05, 3.63) is 54.1 Å². The maximum absolute atomic E-state index is 5.77. The lowest BCUT2D eigenvalue weighted by molar-refractivity contribution is -0.595. The standard InChI is InChI=1S/C10H8ClN2/c11-9-3-7-13(8-4-9)10-1-5-12-6-2-10/h1-8H/q+1. The summed E-state index contributed by atoms with van der Waals surface area (Å²) in [4.78, 5) is 3.95. The van der Waals surface area contributed by atoms with Crippen LogP contribution in [0.2, 0.25) is 5.02 Å². The minimum atomic E-state index is 0.741. The van der Waals surface area contributed by atoms with Crippen LogP contribution in [0.15, 0.2) is 49.1 Å². The van der Waals surface area contributed by atoms with Crippen LogP contribution in [-0.2, 0) is 0 Å². The third-order valence-corrected chi connectivity index (χ3v) is 2.00. The van der Waals surface area contributed by atoms with Gasteiger partial charge < -0.3 is 0 Å². The normalized spacial score (nSPS) is 9.92. The summed E-state index contributed by atoms with van der Waals surface area (Å²) in [7, 11) is 0. The van der Waals surface area contributed by atoms with Crippen molar-refractivity contribution in [1.82, 2.24) is 4.98 Å². The molecule has 0 aliphatic heterocycles. The summed E-state index contributed by atoms with van der Waals surface area (Å²) >= 11 is 5.77. The molecule has 0 saturated heterocycles. The molecule has 0 bridgehead atoms. The van der Waals surface area contributed by atoms with E-state index in [-0.39, 0.29) is 0 Å². The lowest BCUT2D eigenvalue weighted by Crippen LogP contribution is -2.28. The van der Waals surface area contributed by atoms with Gasteiger partial charge in [0.2, 0.25) is 5.69 Å². The summed E-state index contributed by atoms with van der Waals surface area (Å²) in [6.45, 7) is 0. The van der Waals surface area contributed by atoms with E-state index in [4.69, 9.17) is 11.6 Å². The van der Waals surface area contributed by atoms with E-state index in [2.05, 4.69) is 4.98 Å². The first-order chi connectivity index (χ1) is 6.36. The highest BCUT2D eigenvalue weighted by atomic mass is 35.5. The van der Waals surface area contributed by atoms with E-state index in [1.165, 1.54) is 0 Å². The molecule has 0 aromatic carbocycles. The second-order valence-electron chi connectivity index (χ2n) is 2.63. The second-order valence-corrected chi connectivity index (χ2v) is 3.07. The number of nitrogens with zero attached hydrogens (tertiary/aromatic N) is 2. The second kappa shape index (κ2) is 3.54. The molecular weight excluding hydrogens is 184 g/mol. The van der Waals surface area contributed by atoms with Crippen LogP contribution in [0.25, 0.3) is 5.69 Å². The van der Waals surface area contributed by atoms with Crippen molar-refractivity contribution in [3.8, 4) is 5.69 Å². The van der Waals surface area contributed by atoms with E-state index >= 15 is 0 Å². The Morgan fingerprint density at radius 2 is 1.62 bits per heavy atom. The Balaban J connectivity index is 2.42. The first kappa shape index (κ1) is 8.20. The van der Waals surface area contributed by atoms with Gasteiger partial charge in [-0.1, -0.05) is 11.6 Å². The van der Waals surface area contributed by atoms with Crippen molar-refractivity contribution in [2.24, 2.45) is 0 Å². The topological polar surface area (TPSA) is 16.8 Å². The van der Waals surface area contributed by atoms with Gasteiger partial charge in [0, 0.05) is 36.7 Å². The Morgan fingerprint density at radius 1 is 1.00 bits per heavy atom. The molecule has 0 saturated carbocycles. The number of pyridine rings is 2. The monoisotopic (exact) mass is 191 g/mol. The van der Waals surface area contributed by atoms with Gasteiger partial charge in [-0.2, -0.15) is 4.57 Å². The molecule has 64 valence electrons. The summed E-state index contributed by atoms with van der Waals surface area (Å²) in [6.07, 6.45) is 7.35. The zero-order chi connectivity index (χ0) is 9.10. The quantitative estimate of drug-likeness (QED) is 0.631. The predicted molar refractivity (Wildman–Crippen MR) is 50.8 cm³/mol. The Labute approximate surface area is 81.4 Å². The van der Waals surface area contributed by atoms with Gasteiger partial charge in [-0.25, -0.2) is 0 Å². The average molecular weight is 192 g/mol. The van der Waals surface area contributed by atoms with Crippen LogP contribution in [0.5, 0.6) is 0 Å². The predicted octanol–water partition coefficient (Wildman–Crippen LogP) is 2.01. The number of hydrogen-bond donors (Lipinski definition) is 0. The molecule has 2 aromatic rings. The molecule has 0 atom stereocenters. The van der Waals surface area contributed by atoms with Crippen LogP contribution < -0.4 is 4.57 Å². The van der Waals surface area contributed by atoms with Gasteiger partial charge in [-0.3, -0.25) is 4.98 Å². The van der Waals surface area contributed by atoms with E-state index in [1.807, 2.05) is 41.2 Å². The molecule has 0 aliphatic rings. The molecule has 2 heterocycles. The molecule has 3 heteroatoms. The average Bonchev–Trinajstić information content (AvgIpc) is 2.20. The fraction of sp³-hybridized carbons (Fsp3) is 0. The van der Waals surface area contributed by atoms with Crippen molar-refractivity contribution in [2.75, 3.05) is 0 Å². The van der Waals surface area contributed by atoms with Crippen molar-refractivity contribution < 1.29 is 4.57 Å². The van der Waals surface area contributed by atoms with E-state index in [9.17, 15) is 0 Å². The molecule has 0 aliphatic carbocycles. The SMILES string of the molecule is Clc1cc[n+](-c2ccncc2)cc1. The molecule has 2 nitrogen and oxygen atoms in total. The van der Waals surface area contributed by atoms with E-state index < -0.39 is 0 Å². The van der Waals surface area contributed by atoms with E-state index in [0.29, 0.717) is 0 Å². The smallest absolute Gasteiger partial charge is 0.213 e. The van der Waals surface area contributed by atoms with Crippen LogP contribution in [-0.4, -0.2) is 4.98 Å². The highest BCUT2D eigenvalue weighted by molar-refractivity contribution is 6.30. The van der Waals surface area contributed by atoms with Gasteiger partial charge in [0.15, 0.2) is 12.4 Å². The van der Waals surface area contributed by atoms with Crippen LogP contribution >= 0.6 is 11.6 Å². The summed E-state index contributed by atoms with van der Waals surface area (Å²) < 4.78 is 1.98. The van der Waals surface area contributed by atoms with Gasteiger partial charge in [-0.15, -0.1) is 0 Å². The van der Waals surface area contributed by atoms with Gasteiger partial charge in [0.25, 0.3) is 0 Å². The minimum Gasteiger partial charge on any atom is -0.264 e. The Bertz CT molecular complexity index is 383. The lowest BCUT2D eigenvalue weighted by atomic mass is 10.4. The summed E-state index contributed by atoms with van der Waals surface area (Å²) in [6, 6.07) is 7.58. The molecule has 0 radical (unpaired) electrons.